The Kier molecular flexibility index (Phi) is 8.15. The smallest absolute Gasteiger partial charge is 0.264 e. The third-order valence-corrected chi connectivity index (χ3v) is 5.60. The first-order chi connectivity index (χ1) is 16.3. The van der Waals surface area contributed by atoms with Crippen LogP contribution in [0.2, 0.25) is 5.02 Å². The first-order valence-corrected chi connectivity index (χ1v) is 13.1. The van der Waals surface area contributed by atoms with Gasteiger partial charge in [0.1, 0.15) is 12.4 Å². The number of halogens is 1. The molecule has 0 bridgehead atoms. The highest BCUT2D eigenvalue weighted by molar-refractivity contribution is 7.85. The molecule has 0 aliphatic heterocycles. The monoisotopic (exact) mass is 517 g/mol. The van der Waals surface area contributed by atoms with E-state index in [4.69, 9.17) is 15.8 Å². The van der Waals surface area contributed by atoms with E-state index in [9.17, 15) is 18.0 Å². The lowest BCUT2D eigenvalue weighted by Gasteiger charge is -2.21. The number of nitrogens with one attached hydrogen (secondary N) is 1. The Labute approximate surface area is 209 Å². The summed E-state index contributed by atoms with van der Waals surface area (Å²) in [7, 11) is -3.49. The Morgan fingerprint density at radius 1 is 1.20 bits per heavy atom. The number of amides is 1. The summed E-state index contributed by atoms with van der Waals surface area (Å²) in [6.07, 6.45) is 4.91. The van der Waals surface area contributed by atoms with Crippen molar-refractivity contribution < 1.29 is 17.4 Å². The molecule has 1 amide bonds. The molecule has 0 saturated heterocycles. The van der Waals surface area contributed by atoms with Gasteiger partial charge in [0.2, 0.25) is 5.91 Å². The average molecular weight is 518 g/mol. The zero-order valence-electron chi connectivity index (χ0n) is 20.0. The number of carbonyl (C=O) groups is 1. The standard InChI is InChI=1S/C25H28ClN3O5S/c1-25(2,3)28-22(30)16-29-23(18-9-7-10-19(26)15-18)27-21-12-11-17(14-20(21)24(29)31)8-5-6-13-34-35(4,32)33/h5,7-12,14-15H,6,13,16H2,1-4H3,(H,28,30). The molecule has 0 aliphatic rings. The lowest BCUT2D eigenvalue weighted by atomic mass is 10.1. The van der Waals surface area contributed by atoms with Gasteiger partial charge >= 0.3 is 0 Å². The summed E-state index contributed by atoms with van der Waals surface area (Å²) >= 11 is 6.17. The fourth-order valence-corrected chi connectivity index (χ4v) is 4.01. The van der Waals surface area contributed by atoms with Gasteiger partial charge in [0.05, 0.1) is 23.8 Å². The second-order valence-corrected chi connectivity index (χ2v) is 11.2. The Morgan fingerprint density at radius 3 is 2.60 bits per heavy atom. The van der Waals surface area contributed by atoms with E-state index in [2.05, 4.69) is 10.3 Å². The number of rotatable bonds is 8. The molecule has 35 heavy (non-hydrogen) atoms. The number of aromatic nitrogens is 2. The van der Waals surface area contributed by atoms with Gasteiger partial charge in [-0.2, -0.15) is 8.42 Å². The first kappa shape index (κ1) is 26.6. The molecule has 0 atom stereocenters. The molecule has 8 nitrogen and oxygen atoms in total. The summed E-state index contributed by atoms with van der Waals surface area (Å²) in [6.45, 7) is 5.42. The van der Waals surface area contributed by atoms with Gasteiger partial charge in [0.25, 0.3) is 15.7 Å². The van der Waals surface area contributed by atoms with Crippen molar-refractivity contribution >= 4 is 44.6 Å². The summed E-state index contributed by atoms with van der Waals surface area (Å²) < 4.78 is 28.2. The Hall–Kier alpha value is -3.01. The van der Waals surface area contributed by atoms with E-state index in [-0.39, 0.29) is 24.6 Å². The van der Waals surface area contributed by atoms with Crippen LogP contribution in [0.1, 0.15) is 32.8 Å². The molecular formula is C25H28ClN3O5S. The summed E-state index contributed by atoms with van der Waals surface area (Å²) in [6, 6.07) is 12.2. The SMILES string of the molecule is CC(C)(C)NC(=O)Cn1c(-c2cccc(Cl)c2)nc2ccc(C=CCCOS(C)(=O)=O)cc2c1=O. The molecular weight excluding hydrogens is 490 g/mol. The van der Waals surface area contributed by atoms with Gasteiger partial charge in [-0.05, 0) is 57.0 Å². The van der Waals surface area contributed by atoms with Crippen LogP contribution < -0.4 is 10.9 Å². The van der Waals surface area contributed by atoms with Gasteiger partial charge in [-0.25, -0.2) is 4.98 Å². The largest absolute Gasteiger partial charge is 0.350 e. The lowest BCUT2D eigenvalue weighted by Crippen LogP contribution is -2.43. The van der Waals surface area contributed by atoms with Crippen molar-refractivity contribution in [1.29, 1.82) is 0 Å². The van der Waals surface area contributed by atoms with Gasteiger partial charge in [-0.3, -0.25) is 18.3 Å². The zero-order chi connectivity index (χ0) is 25.8. The van der Waals surface area contributed by atoms with Gasteiger partial charge < -0.3 is 5.32 Å². The van der Waals surface area contributed by atoms with Gasteiger partial charge in [-0.1, -0.05) is 42.0 Å². The maximum Gasteiger partial charge on any atom is 0.264 e. The highest BCUT2D eigenvalue weighted by atomic mass is 35.5. The number of hydrogen-bond donors (Lipinski definition) is 1. The molecule has 10 heteroatoms. The molecule has 0 unspecified atom stereocenters. The van der Waals surface area contributed by atoms with Crippen molar-refractivity contribution in [2.24, 2.45) is 0 Å². The van der Waals surface area contributed by atoms with E-state index >= 15 is 0 Å². The van der Waals surface area contributed by atoms with Crippen LogP contribution in [0.4, 0.5) is 0 Å². The normalized spacial score (nSPS) is 12.4. The zero-order valence-corrected chi connectivity index (χ0v) is 21.6. The second-order valence-electron chi connectivity index (χ2n) is 9.13. The van der Waals surface area contributed by atoms with E-state index in [1.165, 1.54) is 4.57 Å². The molecule has 0 fully saturated rings. The molecule has 3 rings (SSSR count). The van der Waals surface area contributed by atoms with Crippen LogP contribution in [0.5, 0.6) is 0 Å². The molecule has 0 aliphatic carbocycles. The van der Waals surface area contributed by atoms with Crippen LogP contribution in [0.25, 0.3) is 28.4 Å². The molecule has 1 heterocycles. The van der Waals surface area contributed by atoms with Crippen LogP contribution in [0, 0.1) is 0 Å². The summed E-state index contributed by atoms with van der Waals surface area (Å²) in [5, 5.41) is 3.72. The van der Waals surface area contributed by atoms with Crippen molar-refractivity contribution in [3.63, 3.8) is 0 Å². The maximum atomic E-state index is 13.5. The number of carbonyl (C=O) groups excluding carboxylic acids is 1. The van der Waals surface area contributed by atoms with Gasteiger partial charge in [0, 0.05) is 16.1 Å². The van der Waals surface area contributed by atoms with E-state index in [0.29, 0.717) is 33.7 Å². The van der Waals surface area contributed by atoms with Crippen LogP contribution in [-0.4, -0.2) is 42.3 Å². The molecule has 0 spiro atoms. The summed E-state index contributed by atoms with van der Waals surface area (Å²) in [5.74, 6) is 0.0289. The number of benzene rings is 2. The van der Waals surface area contributed by atoms with Crippen molar-refractivity contribution in [3.05, 3.63) is 69.5 Å². The second kappa shape index (κ2) is 10.7. The fourth-order valence-electron chi connectivity index (χ4n) is 3.43. The van der Waals surface area contributed by atoms with Crippen LogP contribution in [-0.2, 0) is 25.6 Å². The van der Waals surface area contributed by atoms with Crippen LogP contribution >= 0.6 is 11.6 Å². The molecule has 0 radical (unpaired) electrons. The predicted molar refractivity (Wildman–Crippen MR) is 139 cm³/mol. The van der Waals surface area contributed by atoms with E-state index in [0.717, 1.165) is 11.8 Å². The molecule has 2 aromatic carbocycles. The Morgan fingerprint density at radius 2 is 1.94 bits per heavy atom. The van der Waals surface area contributed by atoms with Gasteiger partial charge in [-0.15, -0.1) is 0 Å². The van der Waals surface area contributed by atoms with Gasteiger partial charge in [0.15, 0.2) is 0 Å². The van der Waals surface area contributed by atoms with Crippen molar-refractivity contribution in [2.75, 3.05) is 12.9 Å². The number of hydrogen-bond acceptors (Lipinski definition) is 6. The minimum atomic E-state index is -3.49. The quantitative estimate of drug-likeness (QED) is 0.357. The minimum Gasteiger partial charge on any atom is -0.350 e. The number of fused-ring (bicyclic) bond motifs is 1. The number of nitrogens with zero attached hydrogens (tertiary/aromatic N) is 2. The van der Waals surface area contributed by atoms with Crippen LogP contribution in [0.15, 0.2) is 53.3 Å². The average Bonchev–Trinajstić information content (AvgIpc) is 2.73. The third-order valence-electron chi connectivity index (χ3n) is 4.77. The van der Waals surface area contributed by atoms with E-state index in [1.807, 2.05) is 20.8 Å². The molecule has 186 valence electrons. The van der Waals surface area contributed by atoms with E-state index in [1.54, 1.807) is 54.6 Å². The summed E-state index contributed by atoms with van der Waals surface area (Å²) in [5.41, 5.74) is 1.02. The first-order valence-electron chi connectivity index (χ1n) is 10.9. The van der Waals surface area contributed by atoms with Crippen molar-refractivity contribution in [2.45, 2.75) is 39.3 Å². The molecule has 1 N–H and O–H groups in total. The molecule has 3 aromatic rings. The molecule has 0 saturated carbocycles. The highest BCUT2D eigenvalue weighted by Gasteiger charge is 2.19. The fraction of sp³-hybridized carbons (Fsp3) is 0.320. The maximum absolute atomic E-state index is 13.5. The minimum absolute atomic E-state index is 0.0309. The Bertz CT molecular complexity index is 1440. The van der Waals surface area contributed by atoms with Crippen LogP contribution in [0.3, 0.4) is 0 Å². The Balaban J connectivity index is 2.02. The predicted octanol–water partition coefficient (Wildman–Crippen LogP) is 4.01. The van der Waals surface area contributed by atoms with Crippen molar-refractivity contribution in [1.82, 2.24) is 14.9 Å². The highest BCUT2D eigenvalue weighted by Crippen LogP contribution is 2.23. The summed E-state index contributed by atoms with van der Waals surface area (Å²) in [4.78, 5) is 31.0. The molecule has 1 aromatic heterocycles. The lowest BCUT2D eigenvalue weighted by molar-refractivity contribution is -0.123. The van der Waals surface area contributed by atoms with Crippen molar-refractivity contribution in [3.8, 4) is 11.4 Å². The third kappa shape index (κ3) is 7.74. The topological polar surface area (TPSA) is 107 Å². The van der Waals surface area contributed by atoms with E-state index < -0.39 is 15.7 Å².